The molecule has 1 rings (SSSR count). The third kappa shape index (κ3) is 3.10. The van der Waals surface area contributed by atoms with Crippen LogP contribution in [0.15, 0.2) is 0 Å². The maximum Gasteiger partial charge on any atom is 0.242 e. The van der Waals surface area contributed by atoms with Crippen LogP contribution in [0.4, 0.5) is 0 Å². The van der Waals surface area contributed by atoms with Crippen molar-refractivity contribution in [1.82, 2.24) is 10.2 Å². The number of carbonyl (C=O) groups excluding carboxylic acids is 2. The molecule has 0 spiro atoms. The third-order valence-electron chi connectivity index (χ3n) is 2.03. The lowest BCUT2D eigenvalue weighted by atomic mass is 10.3. The fourth-order valence-electron chi connectivity index (χ4n) is 1.16. The maximum absolute atomic E-state index is 11.3. The van der Waals surface area contributed by atoms with Gasteiger partial charge in [0.15, 0.2) is 0 Å². The zero-order valence-corrected chi connectivity index (χ0v) is 8.93. The summed E-state index contributed by atoms with van der Waals surface area (Å²) in [6.07, 6.45) is 0. The Labute approximate surface area is 85.3 Å². The minimum absolute atomic E-state index is 0.0671. The molecular weight excluding hydrogens is 204 g/mol. The molecule has 1 atom stereocenters. The van der Waals surface area contributed by atoms with Crippen LogP contribution in [0.1, 0.15) is 6.92 Å². The normalized spacial score (nSPS) is 19.4. The first kappa shape index (κ1) is 11.2. The van der Waals surface area contributed by atoms with Gasteiger partial charge in [0.2, 0.25) is 11.8 Å². The number of carbonyl (C=O) groups is 2. The highest BCUT2D eigenvalue weighted by Gasteiger charge is 2.22. The number of piperazine rings is 1. The van der Waals surface area contributed by atoms with Gasteiger partial charge in [0, 0.05) is 28.9 Å². The summed E-state index contributed by atoms with van der Waals surface area (Å²) in [5, 5.41) is 2.46. The molecule has 1 saturated heterocycles. The first-order valence-electron chi connectivity index (χ1n) is 4.53. The van der Waals surface area contributed by atoms with Crippen LogP contribution in [0, 0.1) is 0 Å². The van der Waals surface area contributed by atoms with Gasteiger partial charge in [0.1, 0.15) is 0 Å². The van der Waals surface area contributed by atoms with E-state index in [0.29, 0.717) is 18.1 Å². The maximum atomic E-state index is 11.3. The third-order valence-corrected chi connectivity index (χ3v) is 3.32. The van der Waals surface area contributed by atoms with Gasteiger partial charge in [-0.25, -0.2) is 0 Å². The van der Waals surface area contributed by atoms with Gasteiger partial charge in [-0.1, -0.05) is 6.92 Å². The molecule has 1 heterocycles. The van der Waals surface area contributed by atoms with E-state index in [1.54, 1.807) is 0 Å². The van der Waals surface area contributed by atoms with Crippen molar-refractivity contribution in [2.24, 2.45) is 0 Å². The molecule has 0 aromatic carbocycles. The predicted molar refractivity (Wildman–Crippen MR) is 53.1 cm³/mol. The van der Waals surface area contributed by atoms with E-state index in [1.807, 2.05) is 6.92 Å². The van der Waals surface area contributed by atoms with Gasteiger partial charge in [-0.2, -0.15) is 0 Å². The molecule has 0 saturated carbocycles. The number of rotatable bonds is 4. The van der Waals surface area contributed by atoms with Crippen molar-refractivity contribution in [3.8, 4) is 0 Å². The average molecular weight is 218 g/mol. The summed E-state index contributed by atoms with van der Waals surface area (Å²) in [7, 11) is -0.880. The van der Waals surface area contributed by atoms with Crippen LogP contribution in [-0.4, -0.2) is 52.1 Å². The van der Waals surface area contributed by atoms with E-state index in [0.717, 1.165) is 0 Å². The molecular formula is C8H14N2O3S. The smallest absolute Gasteiger partial charge is 0.242 e. The largest absolute Gasteiger partial charge is 0.345 e. The minimum Gasteiger partial charge on any atom is -0.345 e. The number of nitrogens with zero attached hydrogens (tertiary/aromatic N) is 1. The second-order valence-corrected chi connectivity index (χ2v) is 4.89. The highest BCUT2D eigenvalue weighted by atomic mass is 32.2. The van der Waals surface area contributed by atoms with Gasteiger partial charge < -0.3 is 10.2 Å². The van der Waals surface area contributed by atoms with Crippen LogP contribution in [0.5, 0.6) is 0 Å². The van der Waals surface area contributed by atoms with Gasteiger partial charge in [0.25, 0.3) is 0 Å². The molecule has 1 aliphatic rings. The lowest BCUT2D eigenvalue weighted by Crippen LogP contribution is -2.52. The van der Waals surface area contributed by atoms with Crippen LogP contribution in [0.3, 0.4) is 0 Å². The standard InChI is InChI=1S/C8H14N2O3S/c1-2-14(13)4-3-10-6-7(11)9-5-8(10)12/h2-6H2,1H3,(H,9,11). The van der Waals surface area contributed by atoms with Crippen molar-refractivity contribution in [1.29, 1.82) is 0 Å². The number of nitrogens with one attached hydrogen (secondary N) is 1. The lowest BCUT2D eigenvalue weighted by Gasteiger charge is -2.26. The topological polar surface area (TPSA) is 66.5 Å². The lowest BCUT2D eigenvalue weighted by molar-refractivity contribution is -0.140. The zero-order valence-electron chi connectivity index (χ0n) is 8.12. The van der Waals surface area contributed by atoms with Crippen LogP contribution < -0.4 is 5.32 Å². The van der Waals surface area contributed by atoms with Crippen molar-refractivity contribution < 1.29 is 13.8 Å². The number of hydrogen-bond donors (Lipinski definition) is 1. The molecule has 14 heavy (non-hydrogen) atoms. The summed E-state index contributed by atoms with van der Waals surface area (Å²) >= 11 is 0. The zero-order chi connectivity index (χ0) is 10.6. The SMILES string of the molecule is CCS(=O)CCN1CC(=O)NCC1=O. The summed E-state index contributed by atoms with van der Waals surface area (Å²) in [5.41, 5.74) is 0. The number of hydrogen-bond acceptors (Lipinski definition) is 3. The van der Waals surface area contributed by atoms with Crippen LogP contribution >= 0.6 is 0 Å². The summed E-state index contributed by atoms with van der Waals surface area (Å²) in [6.45, 7) is 2.41. The second-order valence-electron chi connectivity index (χ2n) is 3.02. The molecule has 0 aromatic rings. The highest BCUT2D eigenvalue weighted by molar-refractivity contribution is 7.84. The van der Waals surface area contributed by atoms with Crippen molar-refractivity contribution in [2.45, 2.75) is 6.92 Å². The van der Waals surface area contributed by atoms with Crippen LogP contribution in [0.25, 0.3) is 0 Å². The van der Waals surface area contributed by atoms with Crippen LogP contribution in [-0.2, 0) is 20.4 Å². The summed E-state index contributed by atoms with van der Waals surface area (Å²) in [4.78, 5) is 23.7. The quantitative estimate of drug-likeness (QED) is 0.638. The fourth-order valence-corrected chi connectivity index (χ4v) is 1.88. The molecule has 1 N–H and O–H groups in total. The molecule has 0 aromatic heterocycles. The molecule has 1 unspecified atom stereocenters. The molecule has 0 bridgehead atoms. The van der Waals surface area contributed by atoms with Gasteiger partial charge in [-0.15, -0.1) is 0 Å². The van der Waals surface area contributed by atoms with E-state index in [9.17, 15) is 13.8 Å². The first-order valence-corrected chi connectivity index (χ1v) is 6.01. The molecule has 80 valence electrons. The molecule has 5 nitrogen and oxygen atoms in total. The molecule has 0 aliphatic carbocycles. The van der Waals surface area contributed by atoms with Gasteiger partial charge in [-0.3, -0.25) is 13.8 Å². The number of amides is 2. The second kappa shape index (κ2) is 5.09. The van der Waals surface area contributed by atoms with Crippen molar-refractivity contribution in [2.75, 3.05) is 31.1 Å². The molecule has 1 fully saturated rings. The monoisotopic (exact) mass is 218 g/mol. The molecule has 2 amide bonds. The Morgan fingerprint density at radius 3 is 2.86 bits per heavy atom. The summed E-state index contributed by atoms with van der Waals surface area (Å²) in [6, 6.07) is 0. The van der Waals surface area contributed by atoms with Crippen LogP contribution in [0.2, 0.25) is 0 Å². The van der Waals surface area contributed by atoms with E-state index in [2.05, 4.69) is 5.32 Å². The predicted octanol–water partition coefficient (Wildman–Crippen LogP) is -1.29. The van der Waals surface area contributed by atoms with E-state index < -0.39 is 10.8 Å². The Bertz CT molecular complexity index is 267. The minimum atomic E-state index is -0.880. The van der Waals surface area contributed by atoms with Gasteiger partial charge in [0.05, 0.1) is 13.1 Å². The van der Waals surface area contributed by atoms with E-state index in [1.165, 1.54) is 4.90 Å². The molecule has 1 aliphatic heterocycles. The fraction of sp³-hybridized carbons (Fsp3) is 0.750. The van der Waals surface area contributed by atoms with Crippen molar-refractivity contribution in [3.63, 3.8) is 0 Å². The summed E-state index contributed by atoms with van der Waals surface area (Å²) in [5.74, 6) is 0.800. The molecule has 6 heteroatoms. The highest BCUT2D eigenvalue weighted by Crippen LogP contribution is 1.96. The van der Waals surface area contributed by atoms with E-state index in [-0.39, 0.29) is 24.9 Å². The van der Waals surface area contributed by atoms with E-state index >= 15 is 0 Å². The van der Waals surface area contributed by atoms with Gasteiger partial charge in [-0.05, 0) is 0 Å². The Morgan fingerprint density at radius 1 is 1.50 bits per heavy atom. The first-order chi connectivity index (χ1) is 6.63. The Balaban J connectivity index is 2.38. The molecule has 0 radical (unpaired) electrons. The Morgan fingerprint density at radius 2 is 2.21 bits per heavy atom. The van der Waals surface area contributed by atoms with Crippen molar-refractivity contribution in [3.05, 3.63) is 0 Å². The van der Waals surface area contributed by atoms with Crippen molar-refractivity contribution >= 4 is 22.6 Å². The van der Waals surface area contributed by atoms with Gasteiger partial charge >= 0.3 is 0 Å². The Kier molecular flexibility index (Phi) is 4.06. The summed E-state index contributed by atoms with van der Waals surface area (Å²) < 4.78 is 11.1. The average Bonchev–Trinajstić information content (AvgIpc) is 2.19. The Hall–Kier alpha value is -0.910. The van der Waals surface area contributed by atoms with E-state index in [4.69, 9.17) is 0 Å².